The number of carbonyl (C=O) groups is 1. The van der Waals surface area contributed by atoms with Crippen LogP contribution in [0.15, 0.2) is 48.5 Å². The van der Waals surface area contributed by atoms with Crippen molar-refractivity contribution in [1.82, 2.24) is 5.32 Å². The number of amides is 1. The number of nitro benzene ring substituents is 1. The van der Waals surface area contributed by atoms with Crippen molar-refractivity contribution in [3.05, 3.63) is 69.8 Å². The molecule has 8 nitrogen and oxygen atoms in total. The van der Waals surface area contributed by atoms with Gasteiger partial charge in [-0.3, -0.25) is 19.2 Å². The second kappa shape index (κ2) is 10.2. The summed E-state index contributed by atoms with van der Waals surface area (Å²) in [6.07, 6.45) is 2.71. The Kier molecular flexibility index (Phi) is 7.93. The first-order valence-electron chi connectivity index (χ1n) is 9.70. The van der Waals surface area contributed by atoms with E-state index in [9.17, 15) is 23.3 Å². The van der Waals surface area contributed by atoms with Crippen molar-refractivity contribution >= 4 is 27.3 Å². The lowest BCUT2D eigenvalue weighted by molar-refractivity contribution is -0.384. The molecule has 2 rings (SSSR count). The highest BCUT2D eigenvalue weighted by molar-refractivity contribution is 7.92. The van der Waals surface area contributed by atoms with Crippen LogP contribution >= 0.6 is 0 Å². The summed E-state index contributed by atoms with van der Waals surface area (Å²) >= 11 is 0. The van der Waals surface area contributed by atoms with E-state index in [4.69, 9.17) is 0 Å². The summed E-state index contributed by atoms with van der Waals surface area (Å²) in [6, 6.07) is 12.4. The van der Waals surface area contributed by atoms with E-state index in [-0.39, 0.29) is 17.8 Å². The molecule has 0 unspecified atom stereocenters. The fraction of sp³-hybridized carbons (Fsp3) is 0.381. The van der Waals surface area contributed by atoms with Crippen LogP contribution in [0.3, 0.4) is 0 Å². The van der Waals surface area contributed by atoms with Crippen LogP contribution < -0.4 is 9.62 Å². The van der Waals surface area contributed by atoms with Crippen LogP contribution in [-0.2, 0) is 21.2 Å². The minimum atomic E-state index is -3.84. The third-order valence-corrected chi connectivity index (χ3v) is 5.87. The fourth-order valence-corrected chi connectivity index (χ4v) is 4.38. The van der Waals surface area contributed by atoms with Crippen molar-refractivity contribution in [2.75, 3.05) is 17.1 Å². The van der Waals surface area contributed by atoms with Crippen LogP contribution in [-0.4, -0.2) is 38.1 Å². The summed E-state index contributed by atoms with van der Waals surface area (Å²) in [5.41, 5.74) is 2.19. The van der Waals surface area contributed by atoms with Gasteiger partial charge in [0.05, 0.1) is 16.9 Å². The average molecular weight is 434 g/mol. The molecular formula is C21H27N3O5S. The molecule has 0 radical (unpaired) electrons. The van der Waals surface area contributed by atoms with Gasteiger partial charge in [-0.25, -0.2) is 8.42 Å². The minimum Gasteiger partial charge on any atom is -0.354 e. The number of nitro groups is 1. The normalized spacial score (nSPS) is 12.2. The quantitative estimate of drug-likeness (QED) is 0.351. The Morgan fingerprint density at radius 1 is 1.20 bits per heavy atom. The number of aryl methyl sites for hydroxylation is 2. The van der Waals surface area contributed by atoms with Crippen molar-refractivity contribution in [2.24, 2.45) is 0 Å². The summed E-state index contributed by atoms with van der Waals surface area (Å²) in [7, 11) is -3.84. The predicted molar refractivity (Wildman–Crippen MR) is 117 cm³/mol. The number of nitrogens with one attached hydrogen (secondary N) is 1. The van der Waals surface area contributed by atoms with Gasteiger partial charge in [0.1, 0.15) is 6.04 Å². The van der Waals surface area contributed by atoms with Crippen molar-refractivity contribution in [3.8, 4) is 0 Å². The van der Waals surface area contributed by atoms with Gasteiger partial charge >= 0.3 is 0 Å². The Labute approximate surface area is 177 Å². The van der Waals surface area contributed by atoms with Crippen LogP contribution in [0.4, 0.5) is 11.4 Å². The SMILES string of the molecule is CC[C@@H](C(=O)NCCCc1ccc(C)cc1)N(c1cccc([N+](=O)[O-])c1)S(C)(=O)=O. The highest BCUT2D eigenvalue weighted by atomic mass is 32.2. The first-order valence-corrected chi connectivity index (χ1v) is 11.6. The zero-order valence-corrected chi connectivity index (χ0v) is 18.2. The Morgan fingerprint density at radius 2 is 1.87 bits per heavy atom. The van der Waals surface area contributed by atoms with E-state index >= 15 is 0 Å². The third kappa shape index (κ3) is 6.28. The Hall–Kier alpha value is -2.94. The monoisotopic (exact) mass is 433 g/mol. The second-order valence-electron chi connectivity index (χ2n) is 7.14. The van der Waals surface area contributed by atoms with Gasteiger partial charge in [-0.05, 0) is 37.8 Å². The molecule has 0 saturated carbocycles. The van der Waals surface area contributed by atoms with Crippen LogP contribution in [0.25, 0.3) is 0 Å². The zero-order valence-electron chi connectivity index (χ0n) is 17.4. The summed E-state index contributed by atoms with van der Waals surface area (Å²) in [4.78, 5) is 23.2. The molecule has 0 bridgehead atoms. The van der Waals surface area contributed by atoms with E-state index in [1.807, 2.05) is 31.2 Å². The van der Waals surface area contributed by atoms with Gasteiger partial charge in [0, 0.05) is 18.7 Å². The molecule has 1 amide bonds. The highest BCUT2D eigenvalue weighted by Crippen LogP contribution is 2.26. The number of anilines is 1. The number of hydrogen-bond donors (Lipinski definition) is 1. The molecule has 9 heteroatoms. The van der Waals surface area contributed by atoms with E-state index < -0.39 is 26.9 Å². The third-order valence-electron chi connectivity index (χ3n) is 4.69. The van der Waals surface area contributed by atoms with Crippen molar-refractivity contribution in [3.63, 3.8) is 0 Å². The molecule has 0 aliphatic rings. The maximum Gasteiger partial charge on any atom is 0.271 e. The van der Waals surface area contributed by atoms with Crippen molar-refractivity contribution < 1.29 is 18.1 Å². The molecule has 0 aromatic heterocycles. The molecule has 0 spiro atoms. The number of nitrogens with zero attached hydrogens (tertiary/aromatic N) is 2. The summed E-state index contributed by atoms with van der Waals surface area (Å²) in [6.45, 7) is 4.12. The Morgan fingerprint density at radius 3 is 2.43 bits per heavy atom. The molecule has 0 heterocycles. The van der Waals surface area contributed by atoms with Crippen molar-refractivity contribution in [1.29, 1.82) is 0 Å². The lowest BCUT2D eigenvalue weighted by atomic mass is 10.1. The number of carbonyl (C=O) groups excluding carboxylic acids is 1. The number of rotatable bonds is 10. The number of benzene rings is 2. The van der Waals surface area contributed by atoms with Gasteiger partial charge in [0.15, 0.2) is 0 Å². The van der Waals surface area contributed by atoms with Crippen LogP contribution in [0.5, 0.6) is 0 Å². The van der Waals surface area contributed by atoms with E-state index in [0.29, 0.717) is 13.0 Å². The van der Waals surface area contributed by atoms with Crippen LogP contribution in [0.1, 0.15) is 30.9 Å². The maximum absolute atomic E-state index is 12.8. The lowest BCUT2D eigenvalue weighted by Crippen LogP contribution is -2.49. The van der Waals surface area contributed by atoms with E-state index in [2.05, 4.69) is 5.32 Å². The second-order valence-corrected chi connectivity index (χ2v) is 9.00. The minimum absolute atomic E-state index is 0.0911. The van der Waals surface area contributed by atoms with Gasteiger partial charge in [0.25, 0.3) is 5.69 Å². The van der Waals surface area contributed by atoms with Gasteiger partial charge in [-0.1, -0.05) is 42.8 Å². The molecule has 0 saturated heterocycles. The summed E-state index contributed by atoms with van der Waals surface area (Å²) in [5.74, 6) is -0.432. The number of non-ortho nitro benzene ring substituents is 1. The molecule has 1 atom stereocenters. The van der Waals surface area contributed by atoms with E-state index in [0.717, 1.165) is 28.6 Å². The molecule has 0 aliphatic carbocycles. The molecule has 162 valence electrons. The molecule has 2 aromatic carbocycles. The van der Waals surface area contributed by atoms with Crippen LogP contribution in [0, 0.1) is 17.0 Å². The van der Waals surface area contributed by atoms with Crippen molar-refractivity contribution in [2.45, 2.75) is 39.2 Å². The Balaban J connectivity index is 2.10. The van der Waals surface area contributed by atoms with E-state index in [1.165, 1.54) is 23.8 Å². The predicted octanol–water partition coefficient (Wildman–Crippen LogP) is 3.20. The summed E-state index contributed by atoms with van der Waals surface area (Å²) in [5, 5.41) is 13.9. The van der Waals surface area contributed by atoms with Gasteiger partial charge in [-0.2, -0.15) is 0 Å². The average Bonchev–Trinajstić information content (AvgIpc) is 2.69. The topological polar surface area (TPSA) is 110 Å². The summed E-state index contributed by atoms with van der Waals surface area (Å²) < 4.78 is 25.8. The smallest absolute Gasteiger partial charge is 0.271 e. The van der Waals surface area contributed by atoms with Gasteiger partial charge in [-0.15, -0.1) is 0 Å². The highest BCUT2D eigenvalue weighted by Gasteiger charge is 2.32. The zero-order chi connectivity index (χ0) is 22.3. The van der Waals surface area contributed by atoms with E-state index in [1.54, 1.807) is 6.92 Å². The molecule has 0 fully saturated rings. The number of sulfonamides is 1. The first kappa shape index (κ1) is 23.3. The molecular weight excluding hydrogens is 406 g/mol. The standard InChI is InChI=1S/C21H27N3O5S/c1-4-20(21(25)22-14-6-7-17-12-10-16(2)11-13-17)23(30(3,28)29)18-8-5-9-19(15-18)24(26)27/h5,8-13,15,20H,4,6-7,14H2,1-3H3,(H,22,25)/t20-/m0/s1. The van der Waals surface area contributed by atoms with Gasteiger partial charge < -0.3 is 5.32 Å². The Bertz CT molecular complexity index is 990. The molecule has 1 N–H and O–H groups in total. The fourth-order valence-electron chi connectivity index (χ4n) is 3.18. The molecule has 0 aliphatic heterocycles. The lowest BCUT2D eigenvalue weighted by Gasteiger charge is -2.30. The first-order chi connectivity index (χ1) is 14.1. The van der Waals surface area contributed by atoms with Gasteiger partial charge in [0.2, 0.25) is 15.9 Å². The largest absolute Gasteiger partial charge is 0.354 e. The van der Waals surface area contributed by atoms with Crippen LogP contribution in [0.2, 0.25) is 0 Å². The molecule has 30 heavy (non-hydrogen) atoms. The molecule has 2 aromatic rings. The maximum atomic E-state index is 12.8. The number of hydrogen-bond acceptors (Lipinski definition) is 5.